The molecular formula is C16H14N2O3S. The first-order chi connectivity index (χ1) is 10.7. The van der Waals surface area contributed by atoms with Crippen molar-refractivity contribution in [3.05, 3.63) is 52.7 Å². The lowest BCUT2D eigenvalue weighted by molar-refractivity contribution is -0.141. The summed E-state index contributed by atoms with van der Waals surface area (Å²) in [6, 6.07) is 13.2. The number of carbonyl (C=O) groups is 2. The second-order valence-corrected chi connectivity index (χ2v) is 6.39. The predicted octanol–water partition coefficient (Wildman–Crippen LogP) is 2.22. The second-order valence-electron chi connectivity index (χ2n) is 5.41. The van der Waals surface area contributed by atoms with Crippen LogP contribution < -0.4 is 5.06 Å². The standard InChI is InChI=1S/C16H14N2O3S/c1-17-15(19)12-13(11-8-5-9-22-11)18(21-14(12)16(17)20)10-6-3-2-4-7-10/h2-9,12-14H,1H3/t12-,13-,14-/m0/s1. The summed E-state index contributed by atoms with van der Waals surface area (Å²) in [6.45, 7) is 0. The minimum atomic E-state index is -0.732. The highest BCUT2D eigenvalue weighted by Gasteiger charge is 2.59. The van der Waals surface area contributed by atoms with Crippen molar-refractivity contribution in [2.45, 2.75) is 12.1 Å². The molecule has 2 saturated heterocycles. The maximum Gasteiger partial charge on any atom is 0.261 e. The zero-order chi connectivity index (χ0) is 15.3. The molecule has 112 valence electrons. The van der Waals surface area contributed by atoms with Gasteiger partial charge in [-0.05, 0) is 23.6 Å². The number of para-hydroxylation sites is 1. The molecule has 22 heavy (non-hydrogen) atoms. The number of likely N-dealkylation sites (N-methyl/N-ethyl adjacent to an activating group) is 1. The fourth-order valence-electron chi connectivity index (χ4n) is 3.10. The lowest BCUT2D eigenvalue weighted by atomic mass is 9.95. The highest BCUT2D eigenvalue weighted by molar-refractivity contribution is 7.10. The van der Waals surface area contributed by atoms with E-state index in [-0.39, 0.29) is 17.9 Å². The molecule has 3 heterocycles. The molecule has 2 aromatic rings. The van der Waals surface area contributed by atoms with Crippen LogP contribution in [0.5, 0.6) is 0 Å². The van der Waals surface area contributed by atoms with Gasteiger partial charge in [0.05, 0.1) is 5.69 Å². The van der Waals surface area contributed by atoms with Gasteiger partial charge in [-0.2, -0.15) is 0 Å². The summed E-state index contributed by atoms with van der Waals surface area (Å²) in [5, 5.41) is 3.68. The number of likely N-dealkylation sites (tertiary alicyclic amines) is 1. The molecule has 0 saturated carbocycles. The zero-order valence-corrected chi connectivity index (χ0v) is 12.7. The summed E-state index contributed by atoms with van der Waals surface area (Å²) in [4.78, 5) is 32.8. The van der Waals surface area contributed by atoms with E-state index >= 15 is 0 Å². The van der Waals surface area contributed by atoms with Crippen molar-refractivity contribution < 1.29 is 14.4 Å². The number of hydroxylamine groups is 1. The number of hydrogen-bond donors (Lipinski definition) is 0. The fraction of sp³-hybridized carbons (Fsp3) is 0.250. The predicted molar refractivity (Wildman–Crippen MR) is 82.1 cm³/mol. The van der Waals surface area contributed by atoms with Crippen LogP contribution in [-0.4, -0.2) is 29.9 Å². The van der Waals surface area contributed by atoms with Gasteiger partial charge in [-0.1, -0.05) is 24.3 Å². The van der Waals surface area contributed by atoms with Crippen molar-refractivity contribution in [2.24, 2.45) is 5.92 Å². The van der Waals surface area contributed by atoms with Gasteiger partial charge in [0.15, 0.2) is 6.10 Å². The average molecular weight is 314 g/mol. The highest BCUT2D eigenvalue weighted by Crippen LogP contribution is 2.47. The molecule has 2 fully saturated rings. The van der Waals surface area contributed by atoms with Crippen LogP contribution in [0.2, 0.25) is 0 Å². The Hall–Kier alpha value is -2.18. The monoisotopic (exact) mass is 314 g/mol. The molecule has 2 aliphatic heterocycles. The van der Waals surface area contributed by atoms with Crippen LogP contribution in [0.15, 0.2) is 47.8 Å². The largest absolute Gasteiger partial charge is 0.283 e. The van der Waals surface area contributed by atoms with Crippen molar-refractivity contribution in [3.8, 4) is 0 Å². The molecule has 0 unspecified atom stereocenters. The van der Waals surface area contributed by atoms with Crippen molar-refractivity contribution in [3.63, 3.8) is 0 Å². The maximum absolute atomic E-state index is 12.5. The van der Waals surface area contributed by atoms with Crippen molar-refractivity contribution in [2.75, 3.05) is 12.1 Å². The summed E-state index contributed by atoms with van der Waals surface area (Å²) in [5.41, 5.74) is 0.846. The fourth-order valence-corrected chi connectivity index (χ4v) is 3.95. The quantitative estimate of drug-likeness (QED) is 0.798. The van der Waals surface area contributed by atoms with Gasteiger partial charge in [0.25, 0.3) is 5.91 Å². The number of nitrogens with zero attached hydrogens (tertiary/aromatic N) is 2. The second kappa shape index (κ2) is 4.93. The van der Waals surface area contributed by atoms with Gasteiger partial charge in [-0.25, -0.2) is 5.06 Å². The summed E-state index contributed by atoms with van der Waals surface area (Å²) < 4.78 is 0. The lowest BCUT2D eigenvalue weighted by Crippen LogP contribution is -2.34. The van der Waals surface area contributed by atoms with Gasteiger partial charge < -0.3 is 0 Å². The summed E-state index contributed by atoms with van der Waals surface area (Å²) >= 11 is 1.57. The van der Waals surface area contributed by atoms with E-state index in [0.29, 0.717) is 0 Å². The number of fused-ring (bicyclic) bond motifs is 1. The smallest absolute Gasteiger partial charge is 0.261 e. The molecule has 4 rings (SSSR count). The van der Waals surface area contributed by atoms with Crippen molar-refractivity contribution in [1.29, 1.82) is 0 Å². The Morgan fingerprint density at radius 1 is 1.05 bits per heavy atom. The Morgan fingerprint density at radius 3 is 2.50 bits per heavy atom. The van der Waals surface area contributed by atoms with Crippen LogP contribution in [0.25, 0.3) is 0 Å². The topological polar surface area (TPSA) is 49.9 Å². The van der Waals surface area contributed by atoms with E-state index in [1.54, 1.807) is 16.4 Å². The number of anilines is 1. The molecule has 5 nitrogen and oxygen atoms in total. The molecular weight excluding hydrogens is 300 g/mol. The molecule has 0 aliphatic carbocycles. The Balaban J connectivity index is 1.80. The zero-order valence-electron chi connectivity index (χ0n) is 11.9. The molecule has 3 atom stereocenters. The number of carbonyl (C=O) groups excluding carboxylic acids is 2. The van der Waals surface area contributed by atoms with E-state index in [4.69, 9.17) is 4.84 Å². The van der Waals surface area contributed by atoms with Crippen LogP contribution in [0, 0.1) is 5.92 Å². The third-order valence-electron chi connectivity index (χ3n) is 4.18. The lowest BCUT2D eigenvalue weighted by Gasteiger charge is -2.26. The van der Waals surface area contributed by atoms with E-state index < -0.39 is 12.0 Å². The molecule has 0 radical (unpaired) electrons. The number of rotatable bonds is 2. The van der Waals surface area contributed by atoms with E-state index in [2.05, 4.69) is 0 Å². The van der Waals surface area contributed by atoms with Gasteiger partial charge in [0.2, 0.25) is 5.91 Å². The number of imide groups is 1. The molecule has 1 aromatic carbocycles. The Labute approximate surface area is 131 Å². The van der Waals surface area contributed by atoms with E-state index in [1.807, 2.05) is 47.8 Å². The Kier molecular flexibility index (Phi) is 3.02. The molecule has 0 N–H and O–H groups in total. The molecule has 2 amide bonds. The Morgan fingerprint density at radius 2 is 1.82 bits per heavy atom. The van der Waals surface area contributed by atoms with E-state index in [0.717, 1.165) is 10.6 Å². The third-order valence-corrected chi connectivity index (χ3v) is 5.12. The minimum absolute atomic E-state index is 0.174. The minimum Gasteiger partial charge on any atom is -0.283 e. The number of benzene rings is 1. The number of hydrogen-bond acceptors (Lipinski definition) is 5. The molecule has 0 spiro atoms. The summed E-state index contributed by atoms with van der Waals surface area (Å²) in [5.74, 6) is -0.932. The Bertz CT molecular complexity index is 716. The average Bonchev–Trinajstić information content (AvgIpc) is 3.23. The molecule has 6 heteroatoms. The van der Waals surface area contributed by atoms with Gasteiger partial charge in [0.1, 0.15) is 12.0 Å². The number of thiophene rings is 1. The van der Waals surface area contributed by atoms with Gasteiger partial charge in [-0.3, -0.25) is 19.3 Å². The van der Waals surface area contributed by atoms with Crippen LogP contribution in [-0.2, 0) is 14.4 Å². The van der Waals surface area contributed by atoms with Gasteiger partial charge in [-0.15, -0.1) is 11.3 Å². The van der Waals surface area contributed by atoms with Crippen LogP contribution in [0.3, 0.4) is 0 Å². The van der Waals surface area contributed by atoms with Gasteiger partial charge >= 0.3 is 0 Å². The van der Waals surface area contributed by atoms with Crippen molar-refractivity contribution >= 4 is 28.8 Å². The van der Waals surface area contributed by atoms with Crippen LogP contribution >= 0.6 is 11.3 Å². The molecule has 1 aromatic heterocycles. The molecule has 0 bridgehead atoms. The van der Waals surface area contributed by atoms with Crippen LogP contribution in [0.4, 0.5) is 5.69 Å². The maximum atomic E-state index is 12.5. The SMILES string of the molecule is CN1C(=O)[C@@H]2[C@H](ON(c3ccccc3)[C@H]2c2cccs2)C1=O. The first kappa shape index (κ1) is 13.5. The van der Waals surface area contributed by atoms with Gasteiger partial charge in [0, 0.05) is 11.9 Å². The first-order valence-electron chi connectivity index (χ1n) is 7.04. The van der Waals surface area contributed by atoms with E-state index in [1.165, 1.54) is 11.9 Å². The van der Waals surface area contributed by atoms with E-state index in [9.17, 15) is 9.59 Å². The number of amides is 2. The third kappa shape index (κ3) is 1.81. The normalized spacial score (nSPS) is 27.6. The summed E-state index contributed by atoms with van der Waals surface area (Å²) in [7, 11) is 1.52. The van der Waals surface area contributed by atoms with Crippen molar-refractivity contribution in [1.82, 2.24) is 4.90 Å². The highest BCUT2D eigenvalue weighted by atomic mass is 32.1. The summed E-state index contributed by atoms with van der Waals surface area (Å²) in [6.07, 6.45) is -0.732. The van der Waals surface area contributed by atoms with Crippen LogP contribution in [0.1, 0.15) is 10.9 Å². The molecule has 2 aliphatic rings. The first-order valence-corrected chi connectivity index (χ1v) is 7.92.